The molecule has 20 heavy (non-hydrogen) atoms. The predicted molar refractivity (Wildman–Crippen MR) is 75.0 cm³/mol. The second-order valence-electron chi connectivity index (χ2n) is 5.41. The lowest BCUT2D eigenvalue weighted by atomic mass is 10.2. The average molecular weight is 305 g/mol. The SMILES string of the molecule is CS(=O)(=O)N[C@H]1CCCCN(C(=O)N2CCOCC2)C1. The second kappa shape index (κ2) is 6.73. The van der Waals surface area contributed by atoms with Crippen molar-refractivity contribution in [3.8, 4) is 0 Å². The molecule has 2 aliphatic rings. The van der Waals surface area contributed by atoms with Crippen LogP contribution in [0.2, 0.25) is 0 Å². The van der Waals surface area contributed by atoms with Crippen LogP contribution in [0.5, 0.6) is 0 Å². The fourth-order valence-corrected chi connectivity index (χ4v) is 3.47. The minimum Gasteiger partial charge on any atom is -0.378 e. The number of nitrogens with one attached hydrogen (secondary N) is 1. The minimum atomic E-state index is -3.24. The number of rotatable bonds is 2. The van der Waals surface area contributed by atoms with E-state index in [1.54, 1.807) is 9.80 Å². The molecule has 0 saturated carbocycles. The number of hydrogen-bond acceptors (Lipinski definition) is 4. The molecule has 2 rings (SSSR count). The number of morpholine rings is 1. The lowest BCUT2D eigenvalue weighted by Gasteiger charge is -2.33. The van der Waals surface area contributed by atoms with Crippen LogP contribution in [-0.2, 0) is 14.8 Å². The first-order chi connectivity index (χ1) is 9.46. The zero-order valence-electron chi connectivity index (χ0n) is 11.9. The van der Waals surface area contributed by atoms with Gasteiger partial charge < -0.3 is 14.5 Å². The van der Waals surface area contributed by atoms with Gasteiger partial charge >= 0.3 is 6.03 Å². The summed E-state index contributed by atoms with van der Waals surface area (Å²) in [6.45, 7) is 3.51. The summed E-state index contributed by atoms with van der Waals surface area (Å²) in [5.41, 5.74) is 0. The summed E-state index contributed by atoms with van der Waals surface area (Å²) in [5.74, 6) is 0. The highest BCUT2D eigenvalue weighted by atomic mass is 32.2. The van der Waals surface area contributed by atoms with E-state index in [4.69, 9.17) is 4.74 Å². The third-order valence-corrected chi connectivity index (χ3v) is 4.37. The van der Waals surface area contributed by atoms with Gasteiger partial charge in [0.25, 0.3) is 0 Å². The number of amides is 2. The van der Waals surface area contributed by atoms with Gasteiger partial charge in [-0.3, -0.25) is 0 Å². The zero-order valence-corrected chi connectivity index (χ0v) is 12.7. The van der Waals surface area contributed by atoms with E-state index in [2.05, 4.69) is 4.72 Å². The van der Waals surface area contributed by atoms with Crippen molar-refractivity contribution in [1.82, 2.24) is 14.5 Å². The van der Waals surface area contributed by atoms with Gasteiger partial charge in [0.1, 0.15) is 0 Å². The van der Waals surface area contributed by atoms with Crippen LogP contribution >= 0.6 is 0 Å². The summed E-state index contributed by atoms with van der Waals surface area (Å²) in [6.07, 6.45) is 3.78. The number of likely N-dealkylation sites (tertiary alicyclic amines) is 1. The van der Waals surface area contributed by atoms with Gasteiger partial charge in [0.15, 0.2) is 0 Å². The van der Waals surface area contributed by atoms with E-state index in [-0.39, 0.29) is 12.1 Å². The van der Waals surface area contributed by atoms with Gasteiger partial charge in [0, 0.05) is 32.2 Å². The number of nitrogens with zero attached hydrogens (tertiary/aromatic N) is 2. The summed E-state index contributed by atoms with van der Waals surface area (Å²) in [5, 5.41) is 0. The lowest BCUT2D eigenvalue weighted by Crippen LogP contribution is -2.51. The quantitative estimate of drug-likeness (QED) is 0.769. The van der Waals surface area contributed by atoms with Gasteiger partial charge in [-0.2, -0.15) is 0 Å². The molecule has 116 valence electrons. The normalized spacial score (nSPS) is 25.4. The molecule has 0 bridgehead atoms. The molecule has 2 amide bonds. The molecule has 2 saturated heterocycles. The summed E-state index contributed by atoms with van der Waals surface area (Å²) in [6, 6.07) is -0.187. The van der Waals surface area contributed by atoms with Crippen molar-refractivity contribution >= 4 is 16.1 Å². The number of carbonyl (C=O) groups excluding carboxylic acids is 1. The Hall–Kier alpha value is -0.860. The number of hydrogen-bond donors (Lipinski definition) is 1. The Morgan fingerprint density at radius 3 is 2.50 bits per heavy atom. The third kappa shape index (κ3) is 4.60. The predicted octanol–water partition coefficient (Wildman–Crippen LogP) is -0.158. The lowest BCUT2D eigenvalue weighted by molar-refractivity contribution is 0.0431. The Morgan fingerprint density at radius 1 is 1.15 bits per heavy atom. The van der Waals surface area contributed by atoms with Gasteiger partial charge in [-0.15, -0.1) is 0 Å². The summed E-state index contributed by atoms with van der Waals surface area (Å²) in [4.78, 5) is 16.0. The Morgan fingerprint density at radius 2 is 1.85 bits per heavy atom. The van der Waals surface area contributed by atoms with Crippen LogP contribution in [0.3, 0.4) is 0 Å². The van der Waals surface area contributed by atoms with Gasteiger partial charge in [-0.05, 0) is 12.8 Å². The highest BCUT2D eigenvalue weighted by Gasteiger charge is 2.27. The van der Waals surface area contributed by atoms with E-state index in [1.165, 1.54) is 0 Å². The van der Waals surface area contributed by atoms with Crippen molar-refractivity contribution in [3.63, 3.8) is 0 Å². The topological polar surface area (TPSA) is 79.0 Å². The molecule has 8 heteroatoms. The molecule has 0 spiro atoms. The maximum atomic E-state index is 12.4. The van der Waals surface area contributed by atoms with Crippen molar-refractivity contribution in [1.29, 1.82) is 0 Å². The molecule has 0 aromatic rings. The smallest absolute Gasteiger partial charge is 0.320 e. The average Bonchev–Trinajstić information content (AvgIpc) is 2.62. The second-order valence-corrected chi connectivity index (χ2v) is 7.19. The van der Waals surface area contributed by atoms with E-state index in [1.807, 2.05) is 0 Å². The molecule has 0 unspecified atom stereocenters. The Bertz CT molecular complexity index is 434. The van der Waals surface area contributed by atoms with Crippen LogP contribution in [0.1, 0.15) is 19.3 Å². The molecule has 0 radical (unpaired) electrons. The monoisotopic (exact) mass is 305 g/mol. The molecule has 2 fully saturated rings. The number of ether oxygens (including phenoxy) is 1. The third-order valence-electron chi connectivity index (χ3n) is 3.60. The van der Waals surface area contributed by atoms with Crippen molar-refractivity contribution < 1.29 is 17.9 Å². The van der Waals surface area contributed by atoms with Gasteiger partial charge in [0.2, 0.25) is 10.0 Å². The number of urea groups is 1. The first-order valence-corrected chi connectivity index (χ1v) is 8.94. The molecule has 2 heterocycles. The van der Waals surface area contributed by atoms with Crippen LogP contribution in [0.4, 0.5) is 4.79 Å². The molecule has 1 atom stereocenters. The Labute approximate surface area is 120 Å². The van der Waals surface area contributed by atoms with E-state index in [9.17, 15) is 13.2 Å². The first kappa shape index (κ1) is 15.5. The number of carbonyl (C=O) groups is 1. The van der Waals surface area contributed by atoms with Crippen LogP contribution in [0.25, 0.3) is 0 Å². The highest BCUT2D eigenvalue weighted by molar-refractivity contribution is 7.88. The Kier molecular flexibility index (Phi) is 5.22. The van der Waals surface area contributed by atoms with Gasteiger partial charge in [-0.25, -0.2) is 17.9 Å². The van der Waals surface area contributed by atoms with Crippen LogP contribution in [0, 0.1) is 0 Å². The van der Waals surface area contributed by atoms with Crippen molar-refractivity contribution in [3.05, 3.63) is 0 Å². The zero-order chi connectivity index (χ0) is 14.6. The van der Waals surface area contributed by atoms with E-state index in [0.717, 1.165) is 25.5 Å². The number of sulfonamides is 1. The Balaban J connectivity index is 1.96. The standard InChI is InChI=1S/C12H23N3O4S/c1-20(17,18)13-11-4-2-3-5-15(10-11)12(16)14-6-8-19-9-7-14/h11,13H,2-10H2,1H3/t11-/m0/s1. The van der Waals surface area contributed by atoms with E-state index in [0.29, 0.717) is 39.4 Å². The molecule has 2 aliphatic heterocycles. The molecule has 0 aromatic carbocycles. The molecule has 7 nitrogen and oxygen atoms in total. The summed E-state index contributed by atoms with van der Waals surface area (Å²) in [7, 11) is -3.24. The van der Waals surface area contributed by atoms with Crippen molar-refractivity contribution in [2.24, 2.45) is 0 Å². The first-order valence-electron chi connectivity index (χ1n) is 7.04. The largest absolute Gasteiger partial charge is 0.378 e. The van der Waals surface area contributed by atoms with Gasteiger partial charge in [0.05, 0.1) is 19.5 Å². The van der Waals surface area contributed by atoms with E-state index >= 15 is 0 Å². The van der Waals surface area contributed by atoms with Crippen molar-refractivity contribution in [2.75, 3.05) is 45.6 Å². The molecular formula is C12H23N3O4S. The molecular weight excluding hydrogens is 282 g/mol. The maximum Gasteiger partial charge on any atom is 0.320 e. The van der Waals surface area contributed by atoms with Crippen LogP contribution < -0.4 is 4.72 Å². The van der Waals surface area contributed by atoms with Crippen molar-refractivity contribution in [2.45, 2.75) is 25.3 Å². The molecule has 0 aliphatic carbocycles. The molecule has 0 aromatic heterocycles. The fraction of sp³-hybridized carbons (Fsp3) is 0.917. The summed E-state index contributed by atoms with van der Waals surface area (Å²) < 4.78 is 30.6. The fourth-order valence-electron chi connectivity index (χ4n) is 2.67. The van der Waals surface area contributed by atoms with E-state index < -0.39 is 10.0 Å². The van der Waals surface area contributed by atoms with Crippen LogP contribution in [-0.4, -0.2) is 75.9 Å². The minimum absolute atomic E-state index is 0.00417. The molecule has 1 N–H and O–H groups in total. The maximum absolute atomic E-state index is 12.4. The highest BCUT2D eigenvalue weighted by Crippen LogP contribution is 2.14. The van der Waals surface area contributed by atoms with Crippen LogP contribution in [0.15, 0.2) is 0 Å². The summed E-state index contributed by atoms with van der Waals surface area (Å²) >= 11 is 0. The van der Waals surface area contributed by atoms with Gasteiger partial charge in [-0.1, -0.05) is 6.42 Å².